The van der Waals surface area contributed by atoms with Crippen LogP contribution in [-0.2, 0) is 4.79 Å². The minimum Gasteiger partial charge on any atom is -0.497 e. The molecular formula is C27H30N6O2. The Hall–Kier alpha value is -4.17. The van der Waals surface area contributed by atoms with Crippen LogP contribution in [0.2, 0.25) is 0 Å². The van der Waals surface area contributed by atoms with Crippen molar-refractivity contribution >= 4 is 34.0 Å². The fourth-order valence-corrected chi connectivity index (χ4v) is 3.79. The van der Waals surface area contributed by atoms with Crippen LogP contribution in [0.4, 0.5) is 17.3 Å². The van der Waals surface area contributed by atoms with Crippen molar-refractivity contribution in [3.63, 3.8) is 0 Å². The predicted octanol–water partition coefficient (Wildman–Crippen LogP) is 4.01. The van der Waals surface area contributed by atoms with Gasteiger partial charge in [-0.3, -0.25) is 4.79 Å². The number of rotatable bonds is 10. The number of fused-ring (bicyclic) bond motifs is 1. The Morgan fingerprint density at radius 1 is 1.03 bits per heavy atom. The molecule has 1 amide bonds. The molecule has 0 aliphatic heterocycles. The Morgan fingerprint density at radius 3 is 2.63 bits per heavy atom. The Kier molecular flexibility index (Phi) is 7.74. The van der Waals surface area contributed by atoms with Crippen LogP contribution in [-0.4, -0.2) is 56.7 Å². The highest BCUT2D eigenvalue weighted by molar-refractivity contribution is 5.98. The van der Waals surface area contributed by atoms with Crippen molar-refractivity contribution in [3.8, 4) is 17.0 Å². The molecule has 0 spiro atoms. The van der Waals surface area contributed by atoms with Gasteiger partial charge in [0.15, 0.2) is 0 Å². The lowest BCUT2D eigenvalue weighted by molar-refractivity contribution is -0.117. The van der Waals surface area contributed by atoms with Gasteiger partial charge < -0.3 is 25.6 Å². The Bertz CT molecular complexity index is 1300. The summed E-state index contributed by atoms with van der Waals surface area (Å²) in [6.45, 7) is 1.53. The van der Waals surface area contributed by atoms with Gasteiger partial charge in [-0.2, -0.15) is 0 Å². The number of hydrogen-bond donors (Lipinski definition) is 3. The smallest absolute Gasteiger partial charge is 0.240 e. The van der Waals surface area contributed by atoms with Gasteiger partial charge in [-0.25, -0.2) is 9.97 Å². The average molecular weight is 471 g/mol. The number of anilines is 3. The highest BCUT2D eigenvalue weighted by Crippen LogP contribution is 2.33. The summed E-state index contributed by atoms with van der Waals surface area (Å²) in [5.41, 5.74) is 3.66. The molecule has 1 heterocycles. The third kappa shape index (κ3) is 5.85. The first-order valence-corrected chi connectivity index (χ1v) is 11.5. The number of methoxy groups -OCH3 is 1. The van der Waals surface area contributed by atoms with Crippen molar-refractivity contribution < 1.29 is 9.53 Å². The molecule has 0 saturated carbocycles. The van der Waals surface area contributed by atoms with Crippen molar-refractivity contribution in [1.82, 2.24) is 15.3 Å². The molecule has 1 aromatic heterocycles. The zero-order valence-electron chi connectivity index (χ0n) is 20.2. The molecule has 4 rings (SSSR count). The van der Waals surface area contributed by atoms with Crippen LogP contribution >= 0.6 is 0 Å². The van der Waals surface area contributed by atoms with Gasteiger partial charge in [0, 0.05) is 55.7 Å². The molecule has 0 bridgehead atoms. The fraction of sp³-hybridized carbons (Fsp3) is 0.222. The van der Waals surface area contributed by atoms with Crippen LogP contribution in [0.25, 0.3) is 22.0 Å². The lowest BCUT2D eigenvalue weighted by atomic mass is 10.0. The molecule has 0 aliphatic carbocycles. The molecule has 3 aromatic carbocycles. The van der Waals surface area contributed by atoms with Crippen LogP contribution in [0.1, 0.15) is 0 Å². The average Bonchev–Trinajstić information content (AvgIpc) is 2.92. The fourth-order valence-electron chi connectivity index (χ4n) is 3.79. The number of carbonyl (C=O) groups excluding carboxylic acids is 1. The van der Waals surface area contributed by atoms with Crippen LogP contribution in [0, 0.1) is 0 Å². The number of para-hydroxylation sites is 1. The van der Waals surface area contributed by atoms with Crippen LogP contribution in [0.5, 0.6) is 5.75 Å². The second kappa shape index (κ2) is 11.3. The number of ether oxygens (including phenoxy) is 1. The number of nitrogens with zero attached hydrogens (tertiary/aromatic N) is 3. The van der Waals surface area contributed by atoms with E-state index in [0.717, 1.165) is 39.2 Å². The summed E-state index contributed by atoms with van der Waals surface area (Å²) in [7, 11) is 5.25. The lowest BCUT2D eigenvalue weighted by Crippen LogP contribution is -2.37. The highest BCUT2D eigenvalue weighted by Gasteiger charge is 2.11. The van der Waals surface area contributed by atoms with Crippen molar-refractivity contribution in [1.29, 1.82) is 0 Å². The quantitative estimate of drug-likeness (QED) is 0.302. The summed E-state index contributed by atoms with van der Waals surface area (Å²) in [6.07, 6.45) is 1.74. The highest BCUT2D eigenvalue weighted by atomic mass is 16.5. The predicted molar refractivity (Wildman–Crippen MR) is 142 cm³/mol. The summed E-state index contributed by atoms with van der Waals surface area (Å²) in [5, 5.41) is 11.9. The van der Waals surface area contributed by atoms with E-state index in [1.165, 1.54) is 0 Å². The van der Waals surface area contributed by atoms with E-state index < -0.39 is 0 Å². The number of benzene rings is 3. The third-order valence-corrected chi connectivity index (χ3v) is 5.75. The lowest BCUT2D eigenvalue weighted by Gasteiger charge is -2.18. The van der Waals surface area contributed by atoms with E-state index in [0.29, 0.717) is 19.0 Å². The summed E-state index contributed by atoms with van der Waals surface area (Å²) in [4.78, 5) is 22.9. The number of amides is 1. The molecule has 0 radical (unpaired) electrons. The molecule has 0 saturated heterocycles. The van der Waals surface area contributed by atoms with Crippen molar-refractivity contribution in [3.05, 3.63) is 72.9 Å². The molecule has 8 heteroatoms. The molecule has 0 fully saturated rings. The minimum atomic E-state index is 0.0116. The van der Waals surface area contributed by atoms with Crippen LogP contribution in [0.3, 0.4) is 0 Å². The molecule has 4 aromatic rings. The minimum absolute atomic E-state index is 0.0116. The maximum Gasteiger partial charge on any atom is 0.240 e. The maximum atomic E-state index is 12.5. The van der Waals surface area contributed by atoms with Crippen molar-refractivity contribution in [2.24, 2.45) is 0 Å². The second-order valence-electron chi connectivity index (χ2n) is 8.02. The molecule has 0 atom stereocenters. The van der Waals surface area contributed by atoms with E-state index in [1.807, 2.05) is 54.6 Å². The molecular weight excluding hydrogens is 440 g/mol. The van der Waals surface area contributed by atoms with E-state index in [-0.39, 0.29) is 12.5 Å². The number of likely N-dealkylation sites (N-methyl/N-ethyl adjacent to an activating group) is 1. The monoisotopic (exact) mass is 470 g/mol. The largest absolute Gasteiger partial charge is 0.497 e. The summed E-state index contributed by atoms with van der Waals surface area (Å²) >= 11 is 0. The molecule has 8 nitrogen and oxygen atoms in total. The zero-order valence-corrected chi connectivity index (χ0v) is 20.2. The normalized spacial score (nSPS) is 10.7. The number of carbonyl (C=O) groups is 1. The van der Waals surface area contributed by atoms with E-state index in [2.05, 4.69) is 38.1 Å². The zero-order chi connectivity index (χ0) is 24.6. The van der Waals surface area contributed by atoms with Gasteiger partial charge in [0.25, 0.3) is 0 Å². The maximum absolute atomic E-state index is 12.5. The molecule has 180 valence electrons. The first-order chi connectivity index (χ1) is 17.1. The van der Waals surface area contributed by atoms with Crippen LogP contribution < -0.4 is 25.6 Å². The Balaban J connectivity index is 1.45. The van der Waals surface area contributed by atoms with Gasteiger partial charge in [0.2, 0.25) is 11.9 Å². The first-order valence-electron chi connectivity index (χ1n) is 11.5. The van der Waals surface area contributed by atoms with Gasteiger partial charge in [-0.15, -0.1) is 0 Å². The van der Waals surface area contributed by atoms with E-state index >= 15 is 0 Å². The SMILES string of the molecule is CNc1nccc(-c2cc(NCCNCC(=O)N(C)c3ccccc3)c3cc(OC)ccc3c2)n1. The molecule has 0 aliphatic rings. The number of hydrogen-bond acceptors (Lipinski definition) is 7. The van der Waals surface area contributed by atoms with Crippen LogP contribution in [0.15, 0.2) is 72.9 Å². The van der Waals surface area contributed by atoms with Crippen molar-refractivity contribution in [2.75, 3.05) is 56.4 Å². The Labute approximate surface area is 205 Å². The van der Waals surface area contributed by atoms with E-state index in [9.17, 15) is 4.79 Å². The molecule has 35 heavy (non-hydrogen) atoms. The number of aromatic nitrogens is 2. The summed E-state index contributed by atoms with van der Waals surface area (Å²) in [6, 6.07) is 21.7. The first kappa shape index (κ1) is 24.0. The molecule has 3 N–H and O–H groups in total. The second-order valence-corrected chi connectivity index (χ2v) is 8.02. The topological polar surface area (TPSA) is 91.4 Å². The summed E-state index contributed by atoms with van der Waals surface area (Å²) in [5.74, 6) is 1.37. The van der Waals surface area contributed by atoms with Gasteiger partial charge in [-0.05, 0) is 47.9 Å². The van der Waals surface area contributed by atoms with E-state index in [1.54, 1.807) is 32.3 Å². The Morgan fingerprint density at radius 2 is 1.86 bits per heavy atom. The summed E-state index contributed by atoms with van der Waals surface area (Å²) < 4.78 is 5.44. The van der Waals surface area contributed by atoms with Gasteiger partial charge in [0.05, 0.1) is 19.3 Å². The molecule has 0 unspecified atom stereocenters. The third-order valence-electron chi connectivity index (χ3n) is 5.75. The standard InChI is InChI=1S/C27H30N6O2/c1-28-27-31-12-11-24(32-27)20-15-19-9-10-22(35-3)17-23(19)25(16-20)30-14-13-29-18-26(34)33(2)21-7-5-4-6-8-21/h4-12,15-17,29-30H,13-14,18H2,1-3H3,(H,28,31,32). The van der Waals surface area contributed by atoms with Crippen molar-refractivity contribution in [2.45, 2.75) is 0 Å². The van der Waals surface area contributed by atoms with Gasteiger partial charge >= 0.3 is 0 Å². The van der Waals surface area contributed by atoms with Gasteiger partial charge in [0.1, 0.15) is 5.75 Å². The van der Waals surface area contributed by atoms with E-state index in [4.69, 9.17) is 4.74 Å². The van der Waals surface area contributed by atoms with Gasteiger partial charge in [-0.1, -0.05) is 24.3 Å². The number of nitrogens with one attached hydrogen (secondary N) is 3.